The first kappa shape index (κ1) is 17.7. The lowest BCUT2D eigenvalue weighted by atomic mass is 9.80. The number of aromatic nitrogens is 1. The number of allylic oxidation sites excluding steroid dienone is 2. The topological polar surface area (TPSA) is 68.3 Å². The molecule has 1 aromatic heterocycles. The number of esters is 1. The lowest BCUT2D eigenvalue weighted by Crippen LogP contribution is -2.84. The highest BCUT2D eigenvalue weighted by Gasteiger charge is 2.62. The third-order valence-corrected chi connectivity index (χ3v) is 6.24. The Morgan fingerprint density at radius 3 is 3.08 bits per heavy atom. The van der Waals surface area contributed by atoms with Crippen LogP contribution in [0.2, 0.25) is 0 Å². The van der Waals surface area contributed by atoms with E-state index < -0.39 is 0 Å². The molecule has 2 aliphatic heterocycles. The molecule has 0 bridgehead atoms. The first-order valence-corrected chi connectivity index (χ1v) is 9.82. The summed E-state index contributed by atoms with van der Waals surface area (Å²) in [6.07, 6.45) is 8.23. The maximum Gasteiger partial charge on any atom is 0.315 e. The molecule has 26 heavy (non-hydrogen) atoms. The van der Waals surface area contributed by atoms with Crippen LogP contribution in [0, 0.1) is 11.8 Å². The molecule has 0 saturated carbocycles. The third-order valence-electron chi connectivity index (χ3n) is 6.24. The molecule has 2 saturated heterocycles. The van der Waals surface area contributed by atoms with E-state index in [0.717, 1.165) is 44.5 Å². The van der Waals surface area contributed by atoms with E-state index in [9.17, 15) is 4.79 Å². The van der Waals surface area contributed by atoms with Crippen LogP contribution in [0.4, 0.5) is 0 Å². The van der Waals surface area contributed by atoms with Crippen LogP contribution >= 0.6 is 0 Å². The van der Waals surface area contributed by atoms with Gasteiger partial charge >= 0.3 is 5.97 Å². The van der Waals surface area contributed by atoms with Gasteiger partial charge in [-0.3, -0.25) is 9.78 Å². The molecule has 4 rings (SSSR count). The van der Waals surface area contributed by atoms with Crippen molar-refractivity contribution >= 4 is 5.97 Å². The van der Waals surface area contributed by atoms with Gasteiger partial charge in [0.25, 0.3) is 0 Å². The van der Waals surface area contributed by atoms with Crippen LogP contribution in [0.15, 0.2) is 36.0 Å². The number of carbonyl (C=O) groups is 1. The SMILES string of the molecule is C/C1=C\CC[C@@]2(C)O[C@H]2[C@H]2OC(=O)[C@@H](C[NH2+]Cc3ccccn3)[C@@H]2CC1. The summed E-state index contributed by atoms with van der Waals surface area (Å²) in [6, 6.07) is 5.94. The molecule has 5 heteroatoms. The van der Waals surface area contributed by atoms with Crippen molar-refractivity contribution in [2.24, 2.45) is 11.8 Å². The summed E-state index contributed by atoms with van der Waals surface area (Å²) in [5, 5.41) is 2.19. The number of nitrogens with zero attached hydrogens (tertiary/aromatic N) is 1. The van der Waals surface area contributed by atoms with Gasteiger partial charge in [-0.05, 0) is 51.7 Å². The Hall–Kier alpha value is -1.72. The molecule has 0 radical (unpaired) electrons. The van der Waals surface area contributed by atoms with Crippen molar-refractivity contribution in [1.82, 2.24) is 4.98 Å². The van der Waals surface area contributed by atoms with E-state index in [4.69, 9.17) is 9.47 Å². The molecule has 0 unspecified atom stereocenters. The van der Waals surface area contributed by atoms with Gasteiger partial charge in [0.2, 0.25) is 0 Å². The summed E-state index contributed by atoms with van der Waals surface area (Å²) in [7, 11) is 0. The van der Waals surface area contributed by atoms with E-state index >= 15 is 0 Å². The second kappa shape index (κ2) is 7.12. The van der Waals surface area contributed by atoms with Crippen molar-refractivity contribution in [3.05, 3.63) is 41.7 Å². The number of hydrogen-bond acceptors (Lipinski definition) is 4. The van der Waals surface area contributed by atoms with Crippen molar-refractivity contribution < 1.29 is 19.6 Å². The Morgan fingerprint density at radius 2 is 2.27 bits per heavy atom. The maximum absolute atomic E-state index is 12.6. The van der Waals surface area contributed by atoms with Crippen molar-refractivity contribution in [3.8, 4) is 0 Å². The number of epoxide rings is 1. The number of nitrogens with two attached hydrogens (primary N) is 1. The second-order valence-electron chi connectivity index (χ2n) is 8.20. The first-order chi connectivity index (χ1) is 12.6. The maximum atomic E-state index is 12.6. The fraction of sp³-hybridized carbons (Fsp3) is 0.619. The lowest BCUT2D eigenvalue weighted by molar-refractivity contribution is -0.675. The Kier molecular flexibility index (Phi) is 4.84. The highest BCUT2D eigenvalue weighted by atomic mass is 16.6. The van der Waals surface area contributed by atoms with E-state index in [1.165, 1.54) is 5.57 Å². The minimum absolute atomic E-state index is 0.0454. The monoisotopic (exact) mass is 357 g/mol. The molecule has 0 aromatic carbocycles. The van der Waals surface area contributed by atoms with Crippen molar-refractivity contribution in [1.29, 1.82) is 0 Å². The number of rotatable bonds is 4. The van der Waals surface area contributed by atoms with Gasteiger partial charge in [0, 0.05) is 12.1 Å². The smallest absolute Gasteiger partial charge is 0.315 e. The Balaban J connectivity index is 1.44. The number of quaternary nitrogens is 1. The molecule has 0 spiro atoms. The first-order valence-electron chi connectivity index (χ1n) is 9.82. The van der Waals surface area contributed by atoms with Gasteiger partial charge in [-0.25, -0.2) is 0 Å². The number of pyridine rings is 1. The molecule has 5 nitrogen and oxygen atoms in total. The van der Waals surface area contributed by atoms with Gasteiger partial charge in [0.05, 0.1) is 17.8 Å². The van der Waals surface area contributed by atoms with Crippen LogP contribution in [0.5, 0.6) is 0 Å². The zero-order chi connectivity index (χ0) is 18.1. The average molecular weight is 357 g/mol. The average Bonchev–Trinajstić information content (AvgIpc) is 3.20. The summed E-state index contributed by atoms with van der Waals surface area (Å²) in [4.78, 5) is 17.0. The number of hydrogen-bond donors (Lipinski definition) is 1. The molecular weight excluding hydrogens is 328 g/mol. The van der Waals surface area contributed by atoms with Crippen LogP contribution in [0.3, 0.4) is 0 Å². The molecule has 140 valence electrons. The summed E-state index contributed by atoms with van der Waals surface area (Å²) in [5.41, 5.74) is 2.34. The van der Waals surface area contributed by atoms with Crippen LogP contribution in [0.25, 0.3) is 0 Å². The van der Waals surface area contributed by atoms with Crippen LogP contribution in [0.1, 0.15) is 45.2 Å². The Morgan fingerprint density at radius 1 is 1.38 bits per heavy atom. The zero-order valence-corrected chi connectivity index (χ0v) is 15.7. The second-order valence-corrected chi connectivity index (χ2v) is 8.20. The Bertz CT molecular complexity index is 690. The minimum atomic E-state index is -0.121. The molecule has 1 aromatic rings. The third kappa shape index (κ3) is 3.55. The normalized spacial score (nSPS) is 38.5. The molecule has 3 aliphatic rings. The van der Waals surface area contributed by atoms with Gasteiger partial charge in [-0.2, -0.15) is 0 Å². The molecule has 5 atom stereocenters. The molecule has 1 aliphatic carbocycles. The van der Waals surface area contributed by atoms with E-state index in [0.29, 0.717) is 0 Å². The van der Waals surface area contributed by atoms with E-state index in [2.05, 4.69) is 30.2 Å². The Labute approximate surface area is 155 Å². The molecule has 2 fully saturated rings. The predicted octanol–water partition coefficient (Wildman–Crippen LogP) is 1.98. The fourth-order valence-corrected chi connectivity index (χ4v) is 4.54. The molecule has 0 amide bonds. The van der Waals surface area contributed by atoms with E-state index in [-0.39, 0.29) is 35.6 Å². The largest absolute Gasteiger partial charge is 0.459 e. The number of ether oxygens (including phenoxy) is 2. The quantitative estimate of drug-likeness (QED) is 0.508. The van der Waals surface area contributed by atoms with Crippen LogP contribution in [-0.4, -0.2) is 35.3 Å². The van der Waals surface area contributed by atoms with Gasteiger partial charge in [-0.1, -0.05) is 17.7 Å². The highest BCUT2D eigenvalue weighted by Crippen LogP contribution is 2.49. The van der Waals surface area contributed by atoms with Gasteiger partial charge < -0.3 is 14.8 Å². The van der Waals surface area contributed by atoms with Gasteiger partial charge in [0.1, 0.15) is 24.7 Å². The zero-order valence-electron chi connectivity index (χ0n) is 15.7. The van der Waals surface area contributed by atoms with E-state index in [1.807, 2.05) is 24.4 Å². The van der Waals surface area contributed by atoms with E-state index in [1.54, 1.807) is 0 Å². The minimum Gasteiger partial charge on any atom is -0.459 e. The molecular formula is C21H29N2O3+. The molecule has 3 heterocycles. The lowest BCUT2D eigenvalue weighted by Gasteiger charge is -2.21. The highest BCUT2D eigenvalue weighted by molar-refractivity contribution is 5.75. The standard InChI is InChI=1S/C21H28N2O3/c1-14-6-5-10-21(2)19(26-21)18-16(9-8-14)17(20(24)25-18)13-22-12-15-7-3-4-11-23-15/h3-4,6-7,11,16-19,22H,5,8-10,12-13H2,1-2H3/p+1/b14-6+/t16-,17-,18-,19-,21+/m0/s1. The fourth-order valence-electron chi connectivity index (χ4n) is 4.54. The number of carbonyl (C=O) groups excluding carboxylic acids is 1. The summed E-state index contributed by atoms with van der Waals surface area (Å²) in [5.74, 6) is 0.149. The molecule has 2 N–H and O–H groups in total. The van der Waals surface area contributed by atoms with Crippen molar-refractivity contribution in [3.63, 3.8) is 0 Å². The summed E-state index contributed by atoms with van der Waals surface area (Å²) < 4.78 is 11.9. The van der Waals surface area contributed by atoms with Crippen molar-refractivity contribution in [2.75, 3.05) is 6.54 Å². The van der Waals surface area contributed by atoms with Gasteiger partial charge in [0.15, 0.2) is 0 Å². The van der Waals surface area contributed by atoms with Crippen LogP contribution in [-0.2, 0) is 20.8 Å². The van der Waals surface area contributed by atoms with Crippen molar-refractivity contribution in [2.45, 2.75) is 63.9 Å². The number of fused-ring (bicyclic) bond motifs is 3. The summed E-state index contributed by atoms with van der Waals surface area (Å²) >= 11 is 0. The predicted molar refractivity (Wildman–Crippen MR) is 97.1 cm³/mol. The van der Waals surface area contributed by atoms with Gasteiger partial charge in [-0.15, -0.1) is 0 Å². The summed E-state index contributed by atoms with van der Waals surface area (Å²) in [6.45, 7) is 5.90. The van der Waals surface area contributed by atoms with Crippen LogP contribution < -0.4 is 5.32 Å².